The maximum Gasteiger partial charge on any atom is 0.161 e. The Balaban J connectivity index is 1.64. The van der Waals surface area contributed by atoms with Gasteiger partial charge in [0.25, 0.3) is 0 Å². The lowest BCUT2D eigenvalue weighted by Crippen LogP contribution is -2.01. The van der Waals surface area contributed by atoms with Crippen molar-refractivity contribution in [2.45, 2.75) is 20.1 Å². The lowest BCUT2D eigenvalue weighted by molar-refractivity contribution is 0.130. The Morgan fingerprint density at radius 1 is 0.778 bits per heavy atom. The van der Waals surface area contributed by atoms with Crippen LogP contribution in [-0.2, 0) is 18.1 Å². The number of rotatable bonds is 8. The summed E-state index contributed by atoms with van der Waals surface area (Å²) in [6.07, 6.45) is 0. The molecule has 27 heavy (non-hydrogen) atoms. The Morgan fingerprint density at radius 3 is 2.04 bits per heavy atom. The van der Waals surface area contributed by atoms with Gasteiger partial charge < -0.3 is 14.3 Å². The van der Waals surface area contributed by atoms with Gasteiger partial charge in [-0.2, -0.15) is 0 Å². The van der Waals surface area contributed by atoms with Crippen LogP contribution in [-0.4, -0.2) is 12.8 Å². The summed E-state index contributed by atoms with van der Waals surface area (Å²) < 4.78 is 11.4. The molecule has 0 radical (unpaired) electrons. The zero-order valence-electron chi connectivity index (χ0n) is 15.6. The van der Waals surface area contributed by atoms with E-state index in [1.54, 1.807) is 7.11 Å². The van der Waals surface area contributed by atoms with Crippen molar-refractivity contribution < 1.29 is 14.3 Å². The highest BCUT2D eigenvalue weighted by Gasteiger charge is 2.08. The first kappa shape index (κ1) is 18.5. The zero-order chi connectivity index (χ0) is 18.9. The van der Waals surface area contributed by atoms with Crippen molar-refractivity contribution in [3.63, 3.8) is 0 Å². The van der Waals surface area contributed by atoms with Gasteiger partial charge in [-0.15, -0.1) is 0 Å². The van der Waals surface area contributed by atoms with Crippen LogP contribution < -0.4 is 9.47 Å². The number of benzene rings is 3. The van der Waals surface area contributed by atoms with Gasteiger partial charge in [0.2, 0.25) is 0 Å². The number of nitrogens with zero attached hydrogens (tertiary/aromatic N) is 1. The summed E-state index contributed by atoms with van der Waals surface area (Å²) in [6, 6.07) is 25.7. The molecular weight excluding hydrogens is 338 g/mol. The van der Waals surface area contributed by atoms with Crippen molar-refractivity contribution in [3.8, 4) is 11.5 Å². The summed E-state index contributed by atoms with van der Waals surface area (Å²) in [4.78, 5) is 5.46. The van der Waals surface area contributed by atoms with Crippen LogP contribution in [0.4, 0.5) is 0 Å². The highest BCUT2D eigenvalue weighted by Crippen LogP contribution is 2.29. The van der Waals surface area contributed by atoms with Crippen LogP contribution >= 0.6 is 0 Å². The highest BCUT2D eigenvalue weighted by molar-refractivity contribution is 5.98. The fourth-order valence-electron chi connectivity index (χ4n) is 2.58. The fourth-order valence-corrected chi connectivity index (χ4v) is 2.58. The van der Waals surface area contributed by atoms with E-state index in [9.17, 15) is 0 Å². The predicted molar refractivity (Wildman–Crippen MR) is 107 cm³/mol. The Labute approximate surface area is 160 Å². The molecule has 0 spiro atoms. The fraction of sp³-hybridized carbons (Fsp3) is 0.174. The van der Waals surface area contributed by atoms with Gasteiger partial charge in [0, 0.05) is 5.56 Å². The monoisotopic (exact) mass is 361 g/mol. The van der Waals surface area contributed by atoms with Crippen LogP contribution in [0.1, 0.15) is 23.6 Å². The molecule has 3 aromatic carbocycles. The van der Waals surface area contributed by atoms with Crippen LogP contribution in [0.25, 0.3) is 0 Å². The minimum Gasteiger partial charge on any atom is -0.493 e. The molecule has 0 aliphatic carbocycles. The third kappa shape index (κ3) is 5.35. The molecule has 0 fully saturated rings. The Morgan fingerprint density at radius 2 is 1.41 bits per heavy atom. The van der Waals surface area contributed by atoms with Crippen LogP contribution in [0, 0.1) is 0 Å². The van der Waals surface area contributed by atoms with Gasteiger partial charge in [-0.1, -0.05) is 65.8 Å². The molecule has 138 valence electrons. The van der Waals surface area contributed by atoms with Gasteiger partial charge in [-0.3, -0.25) is 0 Å². The molecule has 0 saturated carbocycles. The van der Waals surface area contributed by atoms with Gasteiger partial charge >= 0.3 is 0 Å². The number of ether oxygens (including phenoxy) is 2. The van der Waals surface area contributed by atoms with Crippen molar-refractivity contribution in [3.05, 3.63) is 95.6 Å². The van der Waals surface area contributed by atoms with Gasteiger partial charge in [-0.25, -0.2) is 0 Å². The molecule has 0 atom stereocenters. The van der Waals surface area contributed by atoms with E-state index in [2.05, 4.69) is 5.16 Å². The van der Waals surface area contributed by atoms with E-state index in [4.69, 9.17) is 14.3 Å². The van der Waals surface area contributed by atoms with Gasteiger partial charge in [0.05, 0.1) is 12.8 Å². The number of hydrogen-bond acceptors (Lipinski definition) is 4. The molecule has 0 amide bonds. The average Bonchev–Trinajstić information content (AvgIpc) is 2.73. The molecule has 3 rings (SSSR count). The van der Waals surface area contributed by atoms with E-state index in [-0.39, 0.29) is 0 Å². The standard InChI is InChI=1S/C23H23NO3/c1-18(24-27-17-20-11-7-4-8-12-20)21-13-14-22(23(15-21)25-2)26-16-19-9-5-3-6-10-19/h3-15H,16-17H2,1-2H3/b24-18+. The van der Waals surface area contributed by atoms with Crippen molar-refractivity contribution in [2.24, 2.45) is 5.16 Å². The third-order valence-electron chi connectivity index (χ3n) is 4.09. The van der Waals surface area contributed by atoms with Crippen LogP contribution in [0.3, 0.4) is 0 Å². The summed E-state index contributed by atoms with van der Waals surface area (Å²) in [5.74, 6) is 1.36. The van der Waals surface area contributed by atoms with E-state index in [0.29, 0.717) is 24.7 Å². The lowest BCUT2D eigenvalue weighted by atomic mass is 10.1. The number of methoxy groups -OCH3 is 1. The van der Waals surface area contributed by atoms with E-state index >= 15 is 0 Å². The maximum atomic E-state index is 5.89. The first-order chi connectivity index (χ1) is 13.3. The molecule has 0 saturated heterocycles. The van der Waals surface area contributed by atoms with E-state index in [1.807, 2.05) is 85.8 Å². The predicted octanol–water partition coefficient (Wildman–Crippen LogP) is 5.22. The molecule has 0 aliphatic heterocycles. The highest BCUT2D eigenvalue weighted by atomic mass is 16.6. The first-order valence-electron chi connectivity index (χ1n) is 8.82. The summed E-state index contributed by atoms with van der Waals surface area (Å²) in [6.45, 7) is 2.83. The largest absolute Gasteiger partial charge is 0.493 e. The minimum atomic E-state index is 0.438. The molecule has 0 aromatic heterocycles. The van der Waals surface area contributed by atoms with E-state index < -0.39 is 0 Å². The van der Waals surface area contributed by atoms with Crippen LogP contribution in [0.2, 0.25) is 0 Å². The third-order valence-corrected chi connectivity index (χ3v) is 4.09. The topological polar surface area (TPSA) is 40.0 Å². The lowest BCUT2D eigenvalue weighted by Gasteiger charge is -2.12. The quantitative estimate of drug-likeness (QED) is 0.408. The van der Waals surface area contributed by atoms with Crippen LogP contribution in [0.5, 0.6) is 11.5 Å². The van der Waals surface area contributed by atoms with Gasteiger partial charge in [0.15, 0.2) is 11.5 Å². The summed E-state index contributed by atoms with van der Waals surface area (Å²) in [5.41, 5.74) is 3.89. The SMILES string of the molecule is COc1cc(/C(C)=N/OCc2ccccc2)ccc1OCc1ccccc1. The molecule has 0 aliphatic rings. The van der Waals surface area contributed by atoms with Gasteiger partial charge in [0.1, 0.15) is 13.2 Å². The molecule has 0 N–H and O–H groups in total. The van der Waals surface area contributed by atoms with Crippen molar-refractivity contribution in [2.75, 3.05) is 7.11 Å². The Bertz CT molecular complexity index is 877. The second-order valence-electron chi connectivity index (χ2n) is 6.08. The minimum absolute atomic E-state index is 0.438. The van der Waals surface area contributed by atoms with Crippen LogP contribution in [0.15, 0.2) is 84.0 Å². The number of hydrogen-bond donors (Lipinski definition) is 0. The normalized spacial score (nSPS) is 11.1. The average molecular weight is 361 g/mol. The van der Waals surface area contributed by atoms with E-state index in [1.165, 1.54) is 0 Å². The molecule has 4 nitrogen and oxygen atoms in total. The Kier molecular flexibility index (Phi) is 6.47. The summed E-state index contributed by atoms with van der Waals surface area (Å²) in [5, 5.41) is 4.21. The molecule has 0 heterocycles. The molecular formula is C23H23NO3. The van der Waals surface area contributed by atoms with Crippen molar-refractivity contribution in [1.29, 1.82) is 0 Å². The molecule has 3 aromatic rings. The van der Waals surface area contributed by atoms with E-state index in [0.717, 1.165) is 22.4 Å². The zero-order valence-corrected chi connectivity index (χ0v) is 15.6. The molecule has 0 unspecified atom stereocenters. The van der Waals surface area contributed by atoms with Crippen molar-refractivity contribution in [1.82, 2.24) is 0 Å². The molecule has 4 heteroatoms. The Hall–Kier alpha value is -3.27. The smallest absolute Gasteiger partial charge is 0.161 e. The van der Waals surface area contributed by atoms with Gasteiger partial charge in [-0.05, 0) is 36.2 Å². The second-order valence-corrected chi connectivity index (χ2v) is 6.08. The van der Waals surface area contributed by atoms with Crippen molar-refractivity contribution >= 4 is 5.71 Å². The maximum absolute atomic E-state index is 5.89. The first-order valence-corrected chi connectivity index (χ1v) is 8.82. The summed E-state index contributed by atoms with van der Waals surface area (Å²) in [7, 11) is 1.63. The second kappa shape index (κ2) is 9.43. The summed E-state index contributed by atoms with van der Waals surface area (Å²) >= 11 is 0. The molecule has 0 bridgehead atoms. The number of oxime groups is 1.